The Balaban J connectivity index is 1.45. The van der Waals surface area contributed by atoms with Crippen LogP contribution in [0.1, 0.15) is 71.6 Å². The van der Waals surface area contributed by atoms with Crippen LogP contribution in [0.25, 0.3) is 0 Å². The second-order valence-electron chi connectivity index (χ2n) is 8.33. The number of hydrogen-bond acceptors (Lipinski definition) is 5. The van der Waals surface area contributed by atoms with Gasteiger partial charge in [-0.25, -0.2) is 0 Å². The predicted molar refractivity (Wildman–Crippen MR) is 93.0 cm³/mol. The fourth-order valence-electron chi connectivity index (χ4n) is 3.64. The minimum atomic E-state index is -0.127. The van der Waals surface area contributed by atoms with Gasteiger partial charge < -0.3 is 14.7 Å². The normalized spacial score (nSPS) is 20.5. The van der Waals surface area contributed by atoms with E-state index in [1.165, 1.54) is 25.7 Å². The Morgan fingerprint density at radius 3 is 2.46 bits per heavy atom. The van der Waals surface area contributed by atoms with E-state index in [9.17, 15) is 4.79 Å². The zero-order chi connectivity index (χ0) is 17.2. The average molecular weight is 334 g/mol. The molecule has 3 rings (SSSR count). The van der Waals surface area contributed by atoms with Gasteiger partial charge in [-0.2, -0.15) is 4.98 Å². The third-order valence-electron chi connectivity index (χ3n) is 5.15. The lowest BCUT2D eigenvalue weighted by Gasteiger charge is -2.31. The first-order valence-corrected chi connectivity index (χ1v) is 9.30. The first kappa shape index (κ1) is 17.2. The van der Waals surface area contributed by atoms with Crippen molar-refractivity contribution in [2.45, 2.75) is 77.2 Å². The zero-order valence-electron chi connectivity index (χ0n) is 15.2. The highest BCUT2D eigenvalue weighted by Crippen LogP contribution is 2.28. The molecule has 134 valence electrons. The Kier molecular flexibility index (Phi) is 5.11. The monoisotopic (exact) mass is 334 g/mol. The molecular weight excluding hydrogens is 304 g/mol. The average Bonchev–Trinajstić information content (AvgIpc) is 3.18. The Bertz CT molecular complexity index is 550. The van der Waals surface area contributed by atoms with Crippen LogP contribution in [0.15, 0.2) is 4.52 Å². The number of piperidine rings is 1. The summed E-state index contributed by atoms with van der Waals surface area (Å²) in [7, 11) is 0. The van der Waals surface area contributed by atoms with Crippen LogP contribution in [0.5, 0.6) is 0 Å². The van der Waals surface area contributed by atoms with Gasteiger partial charge in [0.2, 0.25) is 11.8 Å². The molecule has 1 amide bonds. The maximum absolute atomic E-state index is 12.2. The van der Waals surface area contributed by atoms with E-state index >= 15 is 0 Å². The second-order valence-corrected chi connectivity index (χ2v) is 8.33. The summed E-state index contributed by atoms with van der Waals surface area (Å²) in [6, 6.07) is 0.282. The van der Waals surface area contributed by atoms with Crippen molar-refractivity contribution in [2.75, 3.05) is 18.0 Å². The van der Waals surface area contributed by atoms with Crippen molar-refractivity contribution in [3.8, 4) is 0 Å². The van der Waals surface area contributed by atoms with Gasteiger partial charge >= 0.3 is 0 Å². The third-order valence-corrected chi connectivity index (χ3v) is 5.15. The molecule has 0 bridgehead atoms. The minimum Gasteiger partial charge on any atom is -0.353 e. The zero-order valence-corrected chi connectivity index (χ0v) is 15.2. The molecule has 0 atom stereocenters. The summed E-state index contributed by atoms with van der Waals surface area (Å²) in [4.78, 5) is 18.8. The molecule has 1 aliphatic heterocycles. The molecule has 0 unspecified atom stereocenters. The number of nitrogens with one attached hydrogen (secondary N) is 1. The van der Waals surface area contributed by atoms with E-state index in [4.69, 9.17) is 4.52 Å². The number of carbonyl (C=O) groups is 1. The van der Waals surface area contributed by atoms with E-state index in [0.717, 1.165) is 25.9 Å². The molecule has 6 heteroatoms. The number of amides is 1. The number of carbonyl (C=O) groups excluding carboxylic acids is 1. The van der Waals surface area contributed by atoms with Gasteiger partial charge in [-0.1, -0.05) is 33.6 Å². The maximum Gasteiger partial charge on any atom is 0.266 e. The summed E-state index contributed by atoms with van der Waals surface area (Å²) in [5.41, 5.74) is -0.127. The lowest BCUT2D eigenvalue weighted by molar-refractivity contribution is -0.122. The topological polar surface area (TPSA) is 71.3 Å². The van der Waals surface area contributed by atoms with Crippen molar-refractivity contribution in [1.82, 2.24) is 15.5 Å². The quantitative estimate of drug-likeness (QED) is 0.916. The first-order chi connectivity index (χ1) is 11.4. The molecule has 1 saturated heterocycles. The Hall–Kier alpha value is -1.59. The molecule has 1 aromatic heterocycles. The molecule has 0 aromatic carbocycles. The van der Waals surface area contributed by atoms with Crippen LogP contribution < -0.4 is 10.2 Å². The number of anilines is 1. The van der Waals surface area contributed by atoms with E-state index in [0.29, 0.717) is 24.2 Å². The Morgan fingerprint density at radius 1 is 1.21 bits per heavy atom. The maximum atomic E-state index is 12.2. The molecule has 2 fully saturated rings. The largest absolute Gasteiger partial charge is 0.353 e. The van der Waals surface area contributed by atoms with Crippen LogP contribution in [-0.4, -0.2) is 35.2 Å². The van der Waals surface area contributed by atoms with Gasteiger partial charge in [-0.3, -0.25) is 4.79 Å². The van der Waals surface area contributed by atoms with Crippen LogP contribution in [0.3, 0.4) is 0 Å². The van der Waals surface area contributed by atoms with Gasteiger partial charge in [-0.05, 0) is 36.8 Å². The smallest absolute Gasteiger partial charge is 0.266 e. The fourth-order valence-corrected chi connectivity index (χ4v) is 3.64. The molecule has 6 nitrogen and oxygen atoms in total. The molecule has 0 radical (unpaired) electrons. The number of aromatic nitrogens is 2. The van der Waals surface area contributed by atoms with Gasteiger partial charge in [-0.15, -0.1) is 0 Å². The van der Waals surface area contributed by atoms with Crippen LogP contribution in [0, 0.1) is 5.92 Å². The van der Waals surface area contributed by atoms with E-state index in [1.54, 1.807) is 0 Å². The van der Waals surface area contributed by atoms with Crippen LogP contribution in [-0.2, 0) is 10.2 Å². The summed E-state index contributed by atoms with van der Waals surface area (Å²) in [5, 5.41) is 7.33. The Labute approximate surface area is 144 Å². The fraction of sp³-hybridized carbons (Fsp3) is 0.833. The summed E-state index contributed by atoms with van der Waals surface area (Å²) >= 11 is 0. The third kappa shape index (κ3) is 4.28. The van der Waals surface area contributed by atoms with Crippen molar-refractivity contribution >= 4 is 11.9 Å². The highest BCUT2D eigenvalue weighted by atomic mass is 16.5. The van der Waals surface area contributed by atoms with E-state index in [2.05, 4.69) is 41.1 Å². The number of hydrogen-bond donors (Lipinski definition) is 1. The van der Waals surface area contributed by atoms with E-state index < -0.39 is 0 Å². The van der Waals surface area contributed by atoms with Gasteiger partial charge in [0.25, 0.3) is 5.95 Å². The first-order valence-electron chi connectivity index (χ1n) is 9.30. The van der Waals surface area contributed by atoms with E-state index in [1.807, 2.05) is 0 Å². The van der Waals surface area contributed by atoms with Gasteiger partial charge in [0, 0.05) is 31.0 Å². The van der Waals surface area contributed by atoms with Crippen molar-refractivity contribution in [2.24, 2.45) is 5.92 Å². The molecule has 1 aliphatic carbocycles. The standard InChI is InChI=1S/C18H30N4O2/c1-18(2,3)16-20-17(21-24-16)22-10-8-14(9-11-22)19-15(23)12-13-6-4-5-7-13/h13-14H,4-12H2,1-3H3,(H,19,23). The molecule has 1 N–H and O–H groups in total. The van der Waals surface area contributed by atoms with Crippen molar-refractivity contribution < 1.29 is 9.32 Å². The SMILES string of the molecule is CC(C)(C)c1nc(N2CCC(NC(=O)CC3CCCC3)CC2)no1. The van der Waals surface area contributed by atoms with Crippen molar-refractivity contribution in [1.29, 1.82) is 0 Å². The van der Waals surface area contributed by atoms with Crippen LogP contribution >= 0.6 is 0 Å². The highest BCUT2D eigenvalue weighted by molar-refractivity contribution is 5.76. The lowest BCUT2D eigenvalue weighted by atomic mass is 9.97. The second kappa shape index (κ2) is 7.11. The lowest BCUT2D eigenvalue weighted by Crippen LogP contribution is -2.45. The predicted octanol–water partition coefficient (Wildman–Crippen LogP) is 3.03. The minimum absolute atomic E-state index is 0.127. The summed E-state index contributed by atoms with van der Waals surface area (Å²) < 4.78 is 5.38. The molecule has 1 aromatic rings. The molecule has 2 heterocycles. The Morgan fingerprint density at radius 2 is 1.88 bits per heavy atom. The highest BCUT2D eigenvalue weighted by Gasteiger charge is 2.27. The molecule has 1 saturated carbocycles. The summed E-state index contributed by atoms with van der Waals surface area (Å²) in [6.07, 6.45) is 7.61. The van der Waals surface area contributed by atoms with Gasteiger partial charge in [0.05, 0.1) is 0 Å². The molecule has 0 spiro atoms. The molecular formula is C18H30N4O2. The van der Waals surface area contributed by atoms with Crippen LogP contribution in [0.4, 0.5) is 5.95 Å². The van der Waals surface area contributed by atoms with Gasteiger partial charge in [0.1, 0.15) is 0 Å². The van der Waals surface area contributed by atoms with Crippen molar-refractivity contribution in [3.63, 3.8) is 0 Å². The van der Waals surface area contributed by atoms with Crippen LogP contribution in [0.2, 0.25) is 0 Å². The molecule has 2 aliphatic rings. The van der Waals surface area contributed by atoms with E-state index in [-0.39, 0.29) is 17.4 Å². The molecule has 24 heavy (non-hydrogen) atoms. The number of nitrogens with zero attached hydrogens (tertiary/aromatic N) is 3. The van der Waals surface area contributed by atoms with Gasteiger partial charge in [0.15, 0.2) is 0 Å². The summed E-state index contributed by atoms with van der Waals surface area (Å²) in [6.45, 7) is 7.91. The number of rotatable bonds is 4. The summed E-state index contributed by atoms with van der Waals surface area (Å²) in [5.74, 6) is 2.19. The van der Waals surface area contributed by atoms with Crippen molar-refractivity contribution in [3.05, 3.63) is 5.89 Å².